The molecular formula is C18H23NO3. The van der Waals surface area contributed by atoms with Crippen molar-refractivity contribution < 1.29 is 14.3 Å². The largest absolute Gasteiger partial charge is 0.492 e. The summed E-state index contributed by atoms with van der Waals surface area (Å²) < 4.78 is 10.6. The van der Waals surface area contributed by atoms with Gasteiger partial charge in [0.1, 0.15) is 19.0 Å². The Morgan fingerprint density at radius 2 is 1.73 bits per heavy atom. The zero-order valence-electron chi connectivity index (χ0n) is 12.0. The first-order chi connectivity index (χ1) is 10.2. The highest BCUT2D eigenvalue weighted by atomic mass is 16.5. The third-order valence-electron chi connectivity index (χ3n) is 2.87. The second-order valence-corrected chi connectivity index (χ2v) is 4.65. The number of rotatable bonds is 6. The van der Waals surface area contributed by atoms with Crippen molar-refractivity contribution in [1.29, 1.82) is 0 Å². The zero-order chi connectivity index (χ0) is 14.9. The summed E-state index contributed by atoms with van der Waals surface area (Å²) in [7, 11) is 0. The fourth-order valence-corrected chi connectivity index (χ4v) is 1.73. The minimum atomic E-state index is -0.439. The SMILES string of the molecule is C.Cc1ccc(OCCNC(=O)OCc2ccccc2)cc1. The van der Waals surface area contributed by atoms with Gasteiger partial charge >= 0.3 is 6.09 Å². The van der Waals surface area contributed by atoms with Crippen LogP contribution in [-0.4, -0.2) is 19.2 Å². The van der Waals surface area contributed by atoms with E-state index in [0.717, 1.165) is 11.3 Å². The molecule has 0 saturated carbocycles. The molecule has 2 aromatic carbocycles. The number of aryl methyl sites for hydroxylation is 1. The van der Waals surface area contributed by atoms with Crippen LogP contribution in [0.2, 0.25) is 0 Å². The molecule has 0 saturated heterocycles. The van der Waals surface area contributed by atoms with Gasteiger partial charge in [-0.2, -0.15) is 0 Å². The predicted molar refractivity (Wildman–Crippen MR) is 88.0 cm³/mol. The molecule has 0 spiro atoms. The second-order valence-electron chi connectivity index (χ2n) is 4.65. The summed E-state index contributed by atoms with van der Waals surface area (Å²) in [4.78, 5) is 11.5. The van der Waals surface area contributed by atoms with Crippen LogP contribution in [0.3, 0.4) is 0 Å². The molecule has 0 aromatic heterocycles. The Kier molecular flexibility index (Phi) is 7.54. The van der Waals surface area contributed by atoms with E-state index >= 15 is 0 Å². The highest BCUT2D eigenvalue weighted by molar-refractivity contribution is 5.67. The number of nitrogens with one attached hydrogen (secondary N) is 1. The van der Waals surface area contributed by atoms with E-state index in [9.17, 15) is 4.79 Å². The average Bonchev–Trinajstić information content (AvgIpc) is 2.52. The Balaban J connectivity index is 0.00000242. The molecule has 22 heavy (non-hydrogen) atoms. The van der Waals surface area contributed by atoms with E-state index in [-0.39, 0.29) is 14.0 Å². The molecule has 0 bridgehead atoms. The summed E-state index contributed by atoms with van der Waals surface area (Å²) in [5.41, 5.74) is 2.15. The van der Waals surface area contributed by atoms with Crippen LogP contribution in [0, 0.1) is 6.92 Å². The summed E-state index contributed by atoms with van der Waals surface area (Å²) in [6.07, 6.45) is -0.439. The molecular weight excluding hydrogens is 278 g/mol. The smallest absolute Gasteiger partial charge is 0.407 e. The molecule has 0 aliphatic rings. The van der Waals surface area contributed by atoms with E-state index in [2.05, 4.69) is 5.32 Å². The number of amides is 1. The lowest BCUT2D eigenvalue weighted by atomic mass is 10.2. The van der Waals surface area contributed by atoms with Crippen molar-refractivity contribution in [2.45, 2.75) is 21.0 Å². The van der Waals surface area contributed by atoms with Gasteiger partial charge in [0.25, 0.3) is 0 Å². The molecule has 0 aliphatic carbocycles. The van der Waals surface area contributed by atoms with Crippen molar-refractivity contribution >= 4 is 6.09 Å². The van der Waals surface area contributed by atoms with Gasteiger partial charge in [0.05, 0.1) is 6.54 Å². The van der Waals surface area contributed by atoms with Crippen LogP contribution in [0.15, 0.2) is 54.6 Å². The van der Waals surface area contributed by atoms with E-state index < -0.39 is 6.09 Å². The summed E-state index contributed by atoms with van der Waals surface area (Å²) in [5.74, 6) is 0.792. The number of hydrogen-bond donors (Lipinski definition) is 1. The lowest BCUT2D eigenvalue weighted by Gasteiger charge is -2.08. The lowest BCUT2D eigenvalue weighted by molar-refractivity contribution is 0.137. The third-order valence-corrected chi connectivity index (χ3v) is 2.87. The first kappa shape index (κ1) is 17.6. The van der Waals surface area contributed by atoms with Crippen LogP contribution in [0.1, 0.15) is 18.6 Å². The molecule has 2 aromatic rings. The Morgan fingerprint density at radius 3 is 2.41 bits per heavy atom. The molecule has 0 fully saturated rings. The van der Waals surface area contributed by atoms with Crippen LogP contribution in [0.25, 0.3) is 0 Å². The molecule has 4 heteroatoms. The first-order valence-electron chi connectivity index (χ1n) is 6.88. The first-order valence-corrected chi connectivity index (χ1v) is 6.88. The van der Waals surface area contributed by atoms with Crippen molar-refractivity contribution in [2.24, 2.45) is 0 Å². The Morgan fingerprint density at radius 1 is 1.05 bits per heavy atom. The molecule has 0 atom stereocenters. The molecule has 118 valence electrons. The number of carbonyl (C=O) groups excluding carboxylic acids is 1. The topological polar surface area (TPSA) is 47.6 Å². The molecule has 0 aliphatic heterocycles. The van der Waals surface area contributed by atoms with Crippen molar-refractivity contribution in [1.82, 2.24) is 5.32 Å². The van der Waals surface area contributed by atoms with E-state index in [0.29, 0.717) is 13.2 Å². The fourth-order valence-electron chi connectivity index (χ4n) is 1.73. The molecule has 1 amide bonds. The molecule has 4 nitrogen and oxygen atoms in total. The molecule has 0 radical (unpaired) electrons. The Bertz CT molecular complexity index is 552. The van der Waals surface area contributed by atoms with Crippen LogP contribution >= 0.6 is 0 Å². The van der Waals surface area contributed by atoms with E-state index in [1.165, 1.54) is 5.56 Å². The minimum absolute atomic E-state index is 0. The lowest BCUT2D eigenvalue weighted by Crippen LogP contribution is -2.28. The molecule has 0 heterocycles. The van der Waals surface area contributed by atoms with Crippen molar-refractivity contribution in [3.05, 3.63) is 65.7 Å². The van der Waals surface area contributed by atoms with Crippen LogP contribution in [-0.2, 0) is 11.3 Å². The van der Waals surface area contributed by atoms with Gasteiger partial charge in [-0.15, -0.1) is 0 Å². The maximum atomic E-state index is 11.5. The highest BCUT2D eigenvalue weighted by Crippen LogP contribution is 2.10. The van der Waals surface area contributed by atoms with Gasteiger partial charge in [0.15, 0.2) is 0 Å². The number of alkyl carbamates (subject to hydrolysis) is 1. The second kappa shape index (κ2) is 9.45. The van der Waals surface area contributed by atoms with Crippen molar-refractivity contribution in [3.63, 3.8) is 0 Å². The third kappa shape index (κ3) is 6.31. The summed E-state index contributed by atoms with van der Waals surface area (Å²) in [6.45, 7) is 3.10. The van der Waals surface area contributed by atoms with Crippen LogP contribution < -0.4 is 10.1 Å². The molecule has 2 rings (SSSR count). The van der Waals surface area contributed by atoms with Gasteiger partial charge in [-0.05, 0) is 24.6 Å². The van der Waals surface area contributed by atoms with Crippen LogP contribution in [0.4, 0.5) is 4.79 Å². The normalized spacial score (nSPS) is 9.50. The number of hydrogen-bond acceptors (Lipinski definition) is 3. The summed E-state index contributed by atoms with van der Waals surface area (Å²) >= 11 is 0. The average molecular weight is 301 g/mol. The fraction of sp³-hybridized carbons (Fsp3) is 0.278. The van der Waals surface area contributed by atoms with Crippen LogP contribution in [0.5, 0.6) is 5.75 Å². The maximum Gasteiger partial charge on any atom is 0.407 e. The van der Waals surface area contributed by atoms with Gasteiger partial charge in [-0.1, -0.05) is 55.5 Å². The van der Waals surface area contributed by atoms with Gasteiger partial charge in [0.2, 0.25) is 0 Å². The van der Waals surface area contributed by atoms with Gasteiger partial charge in [-0.25, -0.2) is 4.79 Å². The number of benzene rings is 2. The molecule has 0 unspecified atom stereocenters. The van der Waals surface area contributed by atoms with E-state index in [1.807, 2.05) is 61.5 Å². The zero-order valence-corrected chi connectivity index (χ0v) is 12.0. The van der Waals surface area contributed by atoms with E-state index in [1.54, 1.807) is 0 Å². The summed E-state index contributed by atoms with van der Waals surface area (Å²) in [6, 6.07) is 17.3. The molecule has 1 N–H and O–H groups in total. The minimum Gasteiger partial charge on any atom is -0.492 e. The van der Waals surface area contributed by atoms with Gasteiger partial charge in [-0.3, -0.25) is 0 Å². The Labute approximate surface area is 132 Å². The van der Waals surface area contributed by atoms with Crippen molar-refractivity contribution in [2.75, 3.05) is 13.2 Å². The monoisotopic (exact) mass is 301 g/mol. The highest BCUT2D eigenvalue weighted by Gasteiger charge is 2.02. The maximum absolute atomic E-state index is 11.5. The quantitative estimate of drug-likeness (QED) is 0.822. The predicted octanol–water partition coefficient (Wildman–Crippen LogP) is 3.94. The van der Waals surface area contributed by atoms with E-state index in [4.69, 9.17) is 9.47 Å². The standard InChI is InChI=1S/C17H19NO3.CH4/c1-14-7-9-16(10-8-14)20-12-11-18-17(19)21-13-15-5-3-2-4-6-15;/h2-10H,11-13H2,1H3,(H,18,19);1H4. The summed E-state index contributed by atoms with van der Waals surface area (Å²) in [5, 5.41) is 2.65. The van der Waals surface area contributed by atoms with Gasteiger partial charge < -0.3 is 14.8 Å². The van der Waals surface area contributed by atoms with Crippen molar-refractivity contribution in [3.8, 4) is 5.75 Å². The number of ether oxygens (including phenoxy) is 2. The Hall–Kier alpha value is -2.49. The number of carbonyl (C=O) groups is 1. The van der Waals surface area contributed by atoms with Gasteiger partial charge in [0, 0.05) is 0 Å².